The summed E-state index contributed by atoms with van der Waals surface area (Å²) in [4.78, 5) is 13.8. The van der Waals surface area contributed by atoms with Crippen LogP contribution in [0.3, 0.4) is 0 Å². The van der Waals surface area contributed by atoms with Crippen LogP contribution >= 0.6 is 11.6 Å². The van der Waals surface area contributed by atoms with Crippen molar-refractivity contribution in [2.75, 3.05) is 17.7 Å². The molecule has 17 heavy (non-hydrogen) atoms. The average molecular weight is 255 g/mol. The summed E-state index contributed by atoms with van der Waals surface area (Å²) in [5, 5.41) is 0.575. The van der Waals surface area contributed by atoms with Crippen LogP contribution in [0.2, 0.25) is 5.02 Å². The Hall–Kier alpha value is -1.22. The lowest BCUT2D eigenvalue weighted by Crippen LogP contribution is -2.34. The number of nitrogen functional groups attached to an aromatic ring is 1. The Labute approximate surface area is 108 Å². The molecule has 1 unspecified atom stereocenters. The predicted octanol–water partition coefficient (Wildman–Crippen LogP) is 3.18. The van der Waals surface area contributed by atoms with Crippen LogP contribution in [0.15, 0.2) is 18.2 Å². The van der Waals surface area contributed by atoms with Gasteiger partial charge >= 0.3 is 0 Å². The number of amides is 1. The Morgan fingerprint density at radius 3 is 2.47 bits per heavy atom. The fourth-order valence-electron chi connectivity index (χ4n) is 1.52. The number of halogens is 1. The number of carbonyl (C=O) groups is 1. The lowest BCUT2D eigenvalue weighted by Gasteiger charge is -2.24. The van der Waals surface area contributed by atoms with Crippen LogP contribution in [-0.2, 0) is 4.79 Å². The van der Waals surface area contributed by atoms with Crippen molar-refractivity contribution in [3.05, 3.63) is 23.2 Å². The van der Waals surface area contributed by atoms with Gasteiger partial charge in [-0.3, -0.25) is 4.79 Å². The second-order valence-electron chi connectivity index (χ2n) is 4.63. The number of benzene rings is 1. The first-order chi connectivity index (χ1) is 7.84. The minimum atomic E-state index is -0.0432. The van der Waals surface area contributed by atoms with Gasteiger partial charge in [-0.25, -0.2) is 0 Å². The quantitative estimate of drug-likeness (QED) is 0.842. The molecule has 0 heterocycles. The van der Waals surface area contributed by atoms with Gasteiger partial charge in [-0.1, -0.05) is 32.4 Å². The molecule has 0 radical (unpaired) electrons. The van der Waals surface area contributed by atoms with E-state index in [1.165, 1.54) is 0 Å². The lowest BCUT2D eigenvalue weighted by atomic mass is 9.96. The molecule has 94 valence electrons. The molecule has 0 fully saturated rings. The highest BCUT2D eigenvalue weighted by molar-refractivity contribution is 6.31. The number of hydrogen-bond donors (Lipinski definition) is 1. The zero-order chi connectivity index (χ0) is 13.2. The van der Waals surface area contributed by atoms with Gasteiger partial charge in [0.1, 0.15) is 0 Å². The van der Waals surface area contributed by atoms with Crippen molar-refractivity contribution >= 4 is 28.9 Å². The zero-order valence-corrected chi connectivity index (χ0v) is 11.5. The molecule has 1 aromatic carbocycles. The van der Waals surface area contributed by atoms with Crippen LogP contribution in [0.4, 0.5) is 11.4 Å². The largest absolute Gasteiger partial charge is 0.397 e. The molecule has 0 spiro atoms. The van der Waals surface area contributed by atoms with Crippen molar-refractivity contribution < 1.29 is 4.79 Å². The highest BCUT2D eigenvalue weighted by atomic mass is 35.5. The van der Waals surface area contributed by atoms with E-state index in [9.17, 15) is 4.79 Å². The maximum atomic E-state index is 12.2. The molecule has 0 aliphatic heterocycles. The van der Waals surface area contributed by atoms with Crippen LogP contribution in [0, 0.1) is 11.8 Å². The Bertz CT molecular complexity index is 418. The van der Waals surface area contributed by atoms with Gasteiger partial charge in [-0.05, 0) is 24.1 Å². The van der Waals surface area contributed by atoms with Gasteiger partial charge in [0.25, 0.3) is 0 Å². The van der Waals surface area contributed by atoms with Gasteiger partial charge in [0.15, 0.2) is 0 Å². The number of nitrogens with zero attached hydrogens (tertiary/aromatic N) is 1. The third-order valence-electron chi connectivity index (χ3n) is 3.07. The highest BCUT2D eigenvalue weighted by Crippen LogP contribution is 2.27. The summed E-state index contributed by atoms with van der Waals surface area (Å²) in [5.41, 5.74) is 7.07. The molecule has 1 atom stereocenters. The second kappa shape index (κ2) is 5.41. The van der Waals surface area contributed by atoms with E-state index in [0.29, 0.717) is 22.3 Å². The van der Waals surface area contributed by atoms with Crippen molar-refractivity contribution in [2.24, 2.45) is 11.8 Å². The molecule has 1 aromatic rings. The maximum Gasteiger partial charge on any atom is 0.229 e. The Kier molecular flexibility index (Phi) is 4.40. The fraction of sp³-hybridized carbons (Fsp3) is 0.462. The molecule has 0 saturated carbocycles. The Morgan fingerprint density at radius 2 is 1.94 bits per heavy atom. The zero-order valence-electron chi connectivity index (χ0n) is 10.7. The SMILES string of the molecule is CC(C)C(C)C(=O)N(C)c1cc(Cl)ccc1N. The highest BCUT2D eigenvalue weighted by Gasteiger charge is 2.22. The molecule has 0 aliphatic carbocycles. The second-order valence-corrected chi connectivity index (χ2v) is 5.07. The van der Waals surface area contributed by atoms with Gasteiger partial charge in [0, 0.05) is 18.0 Å². The van der Waals surface area contributed by atoms with E-state index >= 15 is 0 Å². The van der Waals surface area contributed by atoms with E-state index in [0.717, 1.165) is 0 Å². The standard InChI is InChI=1S/C13H19ClN2O/c1-8(2)9(3)13(17)16(4)12-7-10(14)5-6-11(12)15/h5-9H,15H2,1-4H3. The maximum absolute atomic E-state index is 12.2. The summed E-state index contributed by atoms with van der Waals surface area (Å²) in [6.45, 7) is 5.97. The topological polar surface area (TPSA) is 46.3 Å². The van der Waals surface area contributed by atoms with Crippen molar-refractivity contribution in [3.8, 4) is 0 Å². The van der Waals surface area contributed by atoms with Gasteiger partial charge in [-0.15, -0.1) is 0 Å². The summed E-state index contributed by atoms with van der Waals surface area (Å²) in [5.74, 6) is 0.303. The summed E-state index contributed by atoms with van der Waals surface area (Å²) < 4.78 is 0. The third-order valence-corrected chi connectivity index (χ3v) is 3.31. The molecule has 0 aliphatic rings. The summed E-state index contributed by atoms with van der Waals surface area (Å²) >= 11 is 5.91. The van der Waals surface area contributed by atoms with E-state index in [4.69, 9.17) is 17.3 Å². The third kappa shape index (κ3) is 3.13. The average Bonchev–Trinajstić information content (AvgIpc) is 2.29. The number of anilines is 2. The minimum Gasteiger partial charge on any atom is -0.397 e. The molecular formula is C13H19ClN2O. The van der Waals surface area contributed by atoms with Gasteiger partial charge < -0.3 is 10.6 Å². The number of hydrogen-bond acceptors (Lipinski definition) is 2. The normalized spacial score (nSPS) is 12.6. The van der Waals surface area contributed by atoms with Crippen LogP contribution in [0.1, 0.15) is 20.8 Å². The van der Waals surface area contributed by atoms with E-state index < -0.39 is 0 Å². The summed E-state index contributed by atoms with van der Waals surface area (Å²) in [7, 11) is 1.73. The fourth-order valence-corrected chi connectivity index (χ4v) is 1.68. The van der Waals surface area contributed by atoms with Crippen LogP contribution in [-0.4, -0.2) is 13.0 Å². The smallest absolute Gasteiger partial charge is 0.229 e. The van der Waals surface area contributed by atoms with Gasteiger partial charge in [0.2, 0.25) is 5.91 Å². The van der Waals surface area contributed by atoms with E-state index in [1.807, 2.05) is 20.8 Å². The summed E-state index contributed by atoms with van der Waals surface area (Å²) in [6, 6.07) is 5.13. The van der Waals surface area contributed by atoms with E-state index in [2.05, 4.69) is 0 Å². The van der Waals surface area contributed by atoms with Gasteiger partial charge in [0.05, 0.1) is 11.4 Å². The monoisotopic (exact) mass is 254 g/mol. The summed E-state index contributed by atoms with van der Waals surface area (Å²) in [6.07, 6.45) is 0. The van der Waals surface area contributed by atoms with Crippen LogP contribution < -0.4 is 10.6 Å². The van der Waals surface area contributed by atoms with E-state index in [1.54, 1.807) is 30.1 Å². The Balaban J connectivity index is 3.00. The van der Waals surface area contributed by atoms with Crippen molar-refractivity contribution in [2.45, 2.75) is 20.8 Å². The van der Waals surface area contributed by atoms with Gasteiger partial charge in [-0.2, -0.15) is 0 Å². The van der Waals surface area contributed by atoms with Crippen molar-refractivity contribution in [3.63, 3.8) is 0 Å². The van der Waals surface area contributed by atoms with Crippen LogP contribution in [0.5, 0.6) is 0 Å². The van der Waals surface area contributed by atoms with Crippen LogP contribution in [0.25, 0.3) is 0 Å². The number of nitrogens with two attached hydrogens (primary N) is 1. The number of carbonyl (C=O) groups excluding carboxylic acids is 1. The molecule has 3 nitrogen and oxygen atoms in total. The molecule has 1 rings (SSSR count). The molecule has 2 N–H and O–H groups in total. The molecule has 1 amide bonds. The minimum absolute atomic E-state index is 0.0432. The molecule has 0 saturated heterocycles. The van der Waals surface area contributed by atoms with E-state index in [-0.39, 0.29) is 11.8 Å². The Morgan fingerprint density at radius 1 is 1.35 bits per heavy atom. The first kappa shape index (κ1) is 13.8. The van der Waals surface area contributed by atoms with Crippen molar-refractivity contribution in [1.29, 1.82) is 0 Å². The first-order valence-electron chi connectivity index (χ1n) is 5.67. The first-order valence-corrected chi connectivity index (χ1v) is 6.05. The number of rotatable bonds is 3. The molecule has 0 bridgehead atoms. The molecular weight excluding hydrogens is 236 g/mol. The molecule has 0 aromatic heterocycles. The molecule has 4 heteroatoms. The predicted molar refractivity (Wildman–Crippen MR) is 73.3 cm³/mol. The lowest BCUT2D eigenvalue weighted by molar-refractivity contribution is -0.122. The van der Waals surface area contributed by atoms with Crippen molar-refractivity contribution in [1.82, 2.24) is 0 Å².